The van der Waals surface area contributed by atoms with Gasteiger partial charge in [-0.25, -0.2) is 0 Å². The lowest BCUT2D eigenvalue weighted by atomic mass is 10.2. The summed E-state index contributed by atoms with van der Waals surface area (Å²) in [6.45, 7) is 0.442. The van der Waals surface area contributed by atoms with Crippen LogP contribution in [0.5, 0.6) is 0 Å². The minimum Gasteiger partial charge on any atom is -0.193 e. The summed E-state index contributed by atoms with van der Waals surface area (Å²) < 4.78 is 36.5. The van der Waals surface area contributed by atoms with E-state index in [4.69, 9.17) is 0 Å². The molecule has 0 unspecified atom stereocenters. The Labute approximate surface area is 60.5 Å². The maximum absolute atomic E-state index is 12.0. The molecule has 1 aliphatic heterocycles. The molecule has 0 aliphatic carbocycles. The highest BCUT2D eigenvalue weighted by molar-refractivity contribution is 8.18. The predicted molar refractivity (Wildman–Crippen MR) is 36.3 cm³/mol. The highest BCUT2D eigenvalue weighted by atomic mass is 32.3. The summed E-state index contributed by atoms with van der Waals surface area (Å²) >= 11 is -4.89. The summed E-state index contributed by atoms with van der Waals surface area (Å²) in [6.07, 6.45) is 2.35. The van der Waals surface area contributed by atoms with Gasteiger partial charge < -0.3 is 0 Å². The van der Waals surface area contributed by atoms with Crippen molar-refractivity contribution in [2.45, 2.75) is 19.3 Å². The van der Waals surface area contributed by atoms with Crippen LogP contribution >= 0.6 is 11.4 Å². The Morgan fingerprint density at radius 3 is 1.70 bits per heavy atom. The molecule has 5 heteroatoms. The highest BCUT2D eigenvalue weighted by Gasteiger charge is 2.31. The van der Waals surface area contributed by atoms with Crippen molar-refractivity contribution in [2.24, 2.45) is 0 Å². The molecule has 0 aromatic carbocycles. The first-order valence-electron chi connectivity index (χ1n) is 3.28. The van der Waals surface area contributed by atoms with Gasteiger partial charge in [-0.05, 0) is 12.8 Å². The lowest BCUT2D eigenvalue weighted by Crippen LogP contribution is -2.27. The van der Waals surface area contributed by atoms with Gasteiger partial charge in [0.1, 0.15) is 0 Å². The Balaban J connectivity index is 2.39. The van der Waals surface area contributed by atoms with Crippen LogP contribution in [0.1, 0.15) is 19.3 Å². The van der Waals surface area contributed by atoms with Crippen LogP contribution < -0.4 is 0 Å². The Bertz CT molecular complexity index is 108. The van der Waals surface area contributed by atoms with E-state index >= 15 is 0 Å². The van der Waals surface area contributed by atoms with E-state index in [-0.39, 0.29) is 13.1 Å². The molecule has 1 saturated heterocycles. The first-order chi connectivity index (χ1) is 4.61. The van der Waals surface area contributed by atoms with E-state index in [2.05, 4.69) is 0 Å². The van der Waals surface area contributed by atoms with Gasteiger partial charge in [-0.15, -0.1) is 11.7 Å². The van der Waals surface area contributed by atoms with E-state index in [0.29, 0.717) is 17.1 Å². The number of hydrogen-bond acceptors (Lipinski definition) is 1. The van der Waals surface area contributed by atoms with Gasteiger partial charge in [-0.1, -0.05) is 6.42 Å². The van der Waals surface area contributed by atoms with Gasteiger partial charge in [0.25, 0.3) is 11.4 Å². The number of halogens is 3. The van der Waals surface area contributed by atoms with E-state index in [1.54, 1.807) is 0 Å². The van der Waals surface area contributed by atoms with Gasteiger partial charge in [-0.3, -0.25) is 0 Å². The maximum Gasteiger partial charge on any atom is 0.278 e. The smallest absolute Gasteiger partial charge is 0.193 e. The monoisotopic (exact) mass is 173 g/mol. The van der Waals surface area contributed by atoms with Crippen molar-refractivity contribution >= 4 is 11.4 Å². The second-order valence-corrected chi connectivity index (χ2v) is 3.65. The summed E-state index contributed by atoms with van der Waals surface area (Å²) in [5.74, 6) is 0. The van der Waals surface area contributed by atoms with E-state index in [9.17, 15) is 11.7 Å². The van der Waals surface area contributed by atoms with E-state index in [1.807, 2.05) is 0 Å². The molecule has 1 aliphatic rings. The molecule has 0 spiro atoms. The molecular weight excluding hydrogens is 163 g/mol. The topological polar surface area (TPSA) is 3.24 Å². The molecule has 0 bridgehead atoms. The van der Waals surface area contributed by atoms with Crippen molar-refractivity contribution in [3.63, 3.8) is 0 Å². The van der Waals surface area contributed by atoms with Crippen LogP contribution in [-0.4, -0.2) is 17.4 Å². The molecule has 0 aromatic rings. The zero-order chi connectivity index (χ0) is 7.61. The summed E-state index contributed by atoms with van der Waals surface area (Å²) in [5.41, 5.74) is 0. The van der Waals surface area contributed by atoms with Gasteiger partial charge in [0, 0.05) is 13.1 Å². The summed E-state index contributed by atoms with van der Waals surface area (Å²) in [5, 5.41) is 0. The van der Waals surface area contributed by atoms with Crippen molar-refractivity contribution in [1.29, 1.82) is 0 Å². The summed E-state index contributed by atoms with van der Waals surface area (Å²) in [6, 6.07) is 0. The third-order valence-electron chi connectivity index (χ3n) is 1.61. The first kappa shape index (κ1) is 8.20. The van der Waals surface area contributed by atoms with Crippen LogP contribution in [0.4, 0.5) is 11.7 Å². The second kappa shape index (κ2) is 3.00. The van der Waals surface area contributed by atoms with Crippen molar-refractivity contribution in [1.82, 2.24) is 4.31 Å². The lowest BCUT2D eigenvalue weighted by molar-refractivity contribution is 0.326. The Morgan fingerprint density at radius 1 is 0.900 bits per heavy atom. The molecule has 62 valence electrons. The van der Waals surface area contributed by atoms with Gasteiger partial charge in [-0.2, -0.15) is 4.31 Å². The number of piperidine rings is 1. The molecule has 0 aromatic heterocycles. The molecule has 1 rings (SSSR count). The molecule has 10 heavy (non-hydrogen) atoms. The molecule has 1 nitrogen and oxygen atoms in total. The van der Waals surface area contributed by atoms with Crippen molar-refractivity contribution < 1.29 is 11.7 Å². The number of rotatable bonds is 1. The lowest BCUT2D eigenvalue weighted by Gasteiger charge is -2.29. The molecule has 0 N–H and O–H groups in total. The quantitative estimate of drug-likeness (QED) is 0.589. The Kier molecular flexibility index (Phi) is 2.46. The normalized spacial score (nSPS) is 24.7. The Hall–Kier alpha value is 0.1000. The van der Waals surface area contributed by atoms with Crippen LogP contribution in [0.2, 0.25) is 0 Å². The molecule has 1 fully saturated rings. The van der Waals surface area contributed by atoms with Crippen LogP contribution in [0, 0.1) is 0 Å². The molecule has 1 heterocycles. The van der Waals surface area contributed by atoms with Crippen LogP contribution in [0.3, 0.4) is 0 Å². The zero-order valence-electron chi connectivity index (χ0n) is 5.52. The fraction of sp³-hybridized carbons (Fsp3) is 1.00. The molecule has 0 atom stereocenters. The van der Waals surface area contributed by atoms with Crippen LogP contribution in [-0.2, 0) is 0 Å². The number of hydrogen-bond donors (Lipinski definition) is 0. The minimum absolute atomic E-state index is 0.221. The molecule has 0 amide bonds. The van der Waals surface area contributed by atoms with E-state index in [0.717, 1.165) is 6.42 Å². The average molecular weight is 173 g/mol. The third kappa shape index (κ3) is 2.05. The average Bonchev–Trinajstić information content (AvgIpc) is 1.88. The summed E-state index contributed by atoms with van der Waals surface area (Å²) in [4.78, 5) is 0. The van der Waals surface area contributed by atoms with Crippen molar-refractivity contribution in [2.75, 3.05) is 13.1 Å². The maximum atomic E-state index is 12.0. The highest BCUT2D eigenvalue weighted by Crippen LogP contribution is 2.57. The molecule has 0 saturated carbocycles. The first-order valence-corrected chi connectivity index (χ1v) is 4.57. The minimum atomic E-state index is -4.89. The van der Waals surface area contributed by atoms with Gasteiger partial charge in [0.15, 0.2) is 0 Å². The fourth-order valence-electron chi connectivity index (χ4n) is 1.07. The van der Waals surface area contributed by atoms with Gasteiger partial charge >= 0.3 is 0 Å². The van der Waals surface area contributed by atoms with E-state index in [1.165, 1.54) is 0 Å². The summed E-state index contributed by atoms with van der Waals surface area (Å²) in [7, 11) is 0. The fourth-order valence-corrected chi connectivity index (χ4v) is 1.74. The molecule has 0 radical (unpaired) electrons. The van der Waals surface area contributed by atoms with Gasteiger partial charge in [0.05, 0.1) is 0 Å². The van der Waals surface area contributed by atoms with Crippen molar-refractivity contribution in [3.05, 3.63) is 0 Å². The molecular formula is C5H10F3NS. The Morgan fingerprint density at radius 2 is 1.40 bits per heavy atom. The third-order valence-corrected chi connectivity index (χ3v) is 2.56. The van der Waals surface area contributed by atoms with Crippen LogP contribution in [0.25, 0.3) is 0 Å². The van der Waals surface area contributed by atoms with Gasteiger partial charge in [0.2, 0.25) is 0 Å². The second-order valence-electron chi connectivity index (χ2n) is 2.37. The zero-order valence-corrected chi connectivity index (χ0v) is 6.34. The standard InChI is InChI=1S/C5H10F3NS/c6-10(7,8)9-4-2-1-3-5-9/h1-5H2. The van der Waals surface area contributed by atoms with E-state index < -0.39 is 11.4 Å². The number of nitrogens with zero attached hydrogens (tertiary/aromatic N) is 1. The largest absolute Gasteiger partial charge is 0.278 e. The van der Waals surface area contributed by atoms with Crippen LogP contribution in [0.15, 0.2) is 0 Å². The SMILES string of the molecule is FS(F)(F)N1CCCCC1. The predicted octanol–water partition coefficient (Wildman–Crippen LogP) is 2.85. The van der Waals surface area contributed by atoms with Crippen molar-refractivity contribution in [3.8, 4) is 0 Å².